The average molecular weight is 244 g/mol. The van der Waals surface area contributed by atoms with E-state index in [1.54, 1.807) is 6.07 Å². The molecule has 78 valence electrons. The number of rotatable bonds is 1. The van der Waals surface area contributed by atoms with E-state index in [9.17, 15) is 13.5 Å². The first-order chi connectivity index (χ1) is 7.00. The topological polar surface area (TPSA) is 67.3 Å². The molecule has 0 bridgehead atoms. The monoisotopic (exact) mass is 243 g/mol. The maximum atomic E-state index is 11.2. The van der Waals surface area contributed by atoms with Crippen molar-refractivity contribution in [3.8, 4) is 5.75 Å². The highest BCUT2D eigenvalue weighted by molar-refractivity contribution is 8.14. The summed E-state index contributed by atoms with van der Waals surface area (Å²) in [4.78, 5) is 3.67. The fourth-order valence-corrected chi connectivity index (χ4v) is 2.61. The third-order valence-electron chi connectivity index (χ3n) is 1.96. The summed E-state index contributed by atoms with van der Waals surface area (Å²) in [5.74, 6) is -0.370. The minimum atomic E-state index is -3.98. The van der Waals surface area contributed by atoms with Gasteiger partial charge in [-0.25, -0.2) is 8.42 Å². The van der Waals surface area contributed by atoms with Gasteiger partial charge in [0, 0.05) is 22.3 Å². The zero-order chi connectivity index (χ0) is 11.1. The standard InChI is InChI=1S/C9H6ClNO3S/c10-15(13,14)9-6-2-1-5-11-7(6)3-4-8(9)12/h1-5,12H. The lowest BCUT2D eigenvalue weighted by Gasteiger charge is -2.04. The zero-order valence-corrected chi connectivity index (χ0v) is 8.96. The first kappa shape index (κ1) is 10.2. The lowest BCUT2D eigenvalue weighted by Crippen LogP contribution is -1.93. The van der Waals surface area contributed by atoms with Crippen LogP contribution in [-0.4, -0.2) is 18.5 Å². The van der Waals surface area contributed by atoms with Gasteiger partial charge in [0.05, 0.1) is 5.52 Å². The molecule has 0 atom stereocenters. The van der Waals surface area contributed by atoms with Crippen LogP contribution in [0.2, 0.25) is 0 Å². The summed E-state index contributed by atoms with van der Waals surface area (Å²) < 4.78 is 22.5. The molecule has 1 aromatic carbocycles. The molecule has 0 spiro atoms. The minimum Gasteiger partial charge on any atom is -0.507 e. The SMILES string of the molecule is O=S(=O)(Cl)c1c(O)ccc2ncccc12. The van der Waals surface area contributed by atoms with Crippen molar-refractivity contribution in [2.24, 2.45) is 0 Å². The number of aromatic nitrogens is 1. The fraction of sp³-hybridized carbons (Fsp3) is 0. The molecule has 4 nitrogen and oxygen atoms in total. The van der Waals surface area contributed by atoms with Crippen LogP contribution in [0.3, 0.4) is 0 Å². The Morgan fingerprint density at radius 1 is 1.27 bits per heavy atom. The van der Waals surface area contributed by atoms with Gasteiger partial charge in [0.2, 0.25) is 0 Å². The van der Waals surface area contributed by atoms with Gasteiger partial charge in [-0.1, -0.05) is 0 Å². The van der Waals surface area contributed by atoms with Gasteiger partial charge < -0.3 is 5.11 Å². The van der Waals surface area contributed by atoms with E-state index in [2.05, 4.69) is 4.98 Å². The van der Waals surface area contributed by atoms with Gasteiger partial charge >= 0.3 is 0 Å². The summed E-state index contributed by atoms with van der Waals surface area (Å²) in [6.07, 6.45) is 1.53. The van der Waals surface area contributed by atoms with Gasteiger partial charge in [0.1, 0.15) is 10.6 Å². The first-order valence-corrected chi connectivity index (χ1v) is 6.32. The van der Waals surface area contributed by atoms with Crippen LogP contribution in [0, 0.1) is 0 Å². The number of hydrogen-bond donors (Lipinski definition) is 1. The second kappa shape index (κ2) is 3.36. The van der Waals surface area contributed by atoms with Crippen LogP contribution in [0.4, 0.5) is 0 Å². The number of pyridine rings is 1. The molecule has 0 aliphatic rings. The van der Waals surface area contributed by atoms with Crippen LogP contribution in [0.5, 0.6) is 5.75 Å². The maximum Gasteiger partial charge on any atom is 0.265 e. The lowest BCUT2D eigenvalue weighted by molar-refractivity contribution is 0.461. The second-order valence-corrected chi connectivity index (χ2v) is 5.42. The number of phenolic OH excluding ortho intramolecular Hbond substituents is 1. The van der Waals surface area contributed by atoms with E-state index < -0.39 is 9.05 Å². The number of fused-ring (bicyclic) bond motifs is 1. The summed E-state index contributed by atoms with van der Waals surface area (Å²) >= 11 is 0. The van der Waals surface area contributed by atoms with Crippen LogP contribution >= 0.6 is 10.7 Å². The molecule has 0 fully saturated rings. The van der Waals surface area contributed by atoms with Crippen molar-refractivity contribution in [3.63, 3.8) is 0 Å². The third-order valence-corrected chi connectivity index (χ3v) is 3.34. The van der Waals surface area contributed by atoms with Crippen molar-refractivity contribution >= 4 is 30.6 Å². The first-order valence-electron chi connectivity index (χ1n) is 4.01. The Morgan fingerprint density at radius 2 is 2.00 bits per heavy atom. The molecule has 0 unspecified atom stereocenters. The summed E-state index contributed by atoms with van der Waals surface area (Å²) in [6, 6.07) is 5.89. The van der Waals surface area contributed by atoms with E-state index in [1.165, 1.54) is 24.4 Å². The molecule has 0 aliphatic heterocycles. The second-order valence-electron chi connectivity index (χ2n) is 2.92. The normalized spacial score (nSPS) is 11.8. The van der Waals surface area contributed by atoms with Crippen molar-refractivity contribution in [2.75, 3.05) is 0 Å². The van der Waals surface area contributed by atoms with Gasteiger partial charge in [0.25, 0.3) is 9.05 Å². The number of benzene rings is 1. The number of nitrogens with zero attached hydrogens (tertiary/aromatic N) is 1. The van der Waals surface area contributed by atoms with Crippen molar-refractivity contribution in [2.45, 2.75) is 4.90 Å². The Labute approximate surface area is 90.6 Å². The number of hydrogen-bond acceptors (Lipinski definition) is 4. The highest BCUT2D eigenvalue weighted by atomic mass is 35.7. The van der Waals surface area contributed by atoms with Gasteiger partial charge in [-0.3, -0.25) is 4.98 Å². The Kier molecular flexibility index (Phi) is 2.28. The van der Waals surface area contributed by atoms with E-state index in [4.69, 9.17) is 10.7 Å². The highest BCUT2D eigenvalue weighted by Gasteiger charge is 2.19. The van der Waals surface area contributed by atoms with Crippen LogP contribution in [0.1, 0.15) is 0 Å². The van der Waals surface area contributed by atoms with E-state index in [1.807, 2.05) is 0 Å². The molecular weight excluding hydrogens is 238 g/mol. The molecule has 0 saturated heterocycles. The van der Waals surface area contributed by atoms with Gasteiger partial charge in [-0.2, -0.15) is 0 Å². The number of halogens is 1. The summed E-state index contributed by atoms with van der Waals surface area (Å²) in [6.45, 7) is 0. The van der Waals surface area contributed by atoms with Crippen molar-refractivity contribution < 1.29 is 13.5 Å². The Balaban J connectivity index is 2.99. The van der Waals surface area contributed by atoms with Gasteiger partial charge in [-0.05, 0) is 24.3 Å². The van der Waals surface area contributed by atoms with E-state index in [0.717, 1.165) is 0 Å². The predicted molar refractivity (Wildman–Crippen MR) is 56.4 cm³/mol. The molecule has 0 aliphatic carbocycles. The smallest absolute Gasteiger partial charge is 0.265 e. The summed E-state index contributed by atoms with van der Waals surface area (Å²) in [7, 11) is 1.25. The maximum absolute atomic E-state index is 11.2. The molecule has 2 rings (SSSR count). The molecule has 1 heterocycles. The van der Waals surface area contributed by atoms with Crippen LogP contribution in [0.25, 0.3) is 10.9 Å². The molecule has 1 aromatic heterocycles. The minimum absolute atomic E-state index is 0.297. The number of aromatic hydroxyl groups is 1. The molecule has 1 N–H and O–H groups in total. The highest BCUT2D eigenvalue weighted by Crippen LogP contribution is 2.32. The van der Waals surface area contributed by atoms with E-state index in [0.29, 0.717) is 10.9 Å². The van der Waals surface area contributed by atoms with Gasteiger partial charge in [-0.15, -0.1) is 0 Å². The number of phenols is 1. The van der Waals surface area contributed by atoms with Gasteiger partial charge in [0.15, 0.2) is 0 Å². The molecule has 0 radical (unpaired) electrons. The van der Waals surface area contributed by atoms with Crippen molar-refractivity contribution in [1.82, 2.24) is 4.98 Å². The molecule has 0 saturated carbocycles. The Morgan fingerprint density at radius 3 is 2.67 bits per heavy atom. The van der Waals surface area contributed by atoms with Crippen molar-refractivity contribution in [1.29, 1.82) is 0 Å². The molecule has 2 aromatic rings. The average Bonchev–Trinajstić information content (AvgIpc) is 2.15. The Hall–Kier alpha value is -1.33. The largest absolute Gasteiger partial charge is 0.507 e. The van der Waals surface area contributed by atoms with E-state index in [-0.39, 0.29) is 10.6 Å². The quantitative estimate of drug-likeness (QED) is 0.777. The van der Waals surface area contributed by atoms with Crippen LogP contribution in [0.15, 0.2) is 35.4 Å². The summed E-state index contributed by atoms with van der Waals surface area (Å²) in [5.41, 5.74) is 0.467. The molecule has 15 heavy (non-hydrogen) atoms. The van der Waals surface area contributed by atoms with Crippen LogP contribution in [-0.2, 0) is 9.05 Å². The van der Waals surface area contributed by atoms with Crippen LogP contribution < -0.4 is 0 Å². The summed E-state index contributed by atoms with van der Waals surface area (Å²) in [5, 5.41) is 9.77. The zero-order valence-electron chi connectivity index (χ0n) is 7.38. The van der Waals surface area contributed by atoms with Crippen molar-refractivity contribution in [3.05, 3.63) is 30.5 Å². The molecular formula is C9H6ClNO3S. The molecule has 6 heteroatoms. The fourth-order valence-electron chi connectivity index (χ4n) is 1.37. The third kappa shape index (κ3) is 1.75. The Bertz CT molecular complexity index is 624. The van der Waals surface area contributed by atoms with E-state index >= 15 is 0 Å². The predicted octanol–water partition coefficient (Wildman–Crippen LogP) is 1.87. The lowest BCUT2D eigenvalue weighted by atomic mass is 10.2. The molecule has 0 amide bonds.